The highest BCUT2D eigenvalue weighted by atomic mass is 16.4. The summed E-state index contributed by atoms with van der Waals surface area (Å²) in [5, 5.41) is 15.6. The molecule has 2 amide bonds. The fourth-order valence-corrected chi connectivity index (χ4v) is 2.21. The molecule has 126 valence electrons. The zero-order valence-corrected chi connectivity index (χ0v) is 13.7. The van der Waals surface area contributed by atoms with Crippen LogP contribution in [0.15, 0.2) is 35.2 Å². The van der Waals surface area contributed by atoms with E-state index in [4.69, 9.17) is 4.42 Å². The van der Waals surface area contributed by atoms with E-state index in [1.54, 1.807) is 25.3 Å². The van der Waals surface area contributed by atoms with Crippen LogP contribution in [0.1, 0.15) is 32.4 Å². The Hall–Kier alpha value is -2.28. The first-order valence-electron chi connectivity index (χ1n) is 7.66. The lowest BCUT2D eigenvalue weighted by atomic mass is 10.0. The summed E-state index contributed by atoms with van der Waals surface area (Å²) in [5.41, 5.74) is -1.25. The van der Waals surface area contributed by atoms with E-state index in [1.807, 2.05) is 10.8 Å². The van der Waals surface area contributed by atoms with E-state index >= 15 is 0 Å². The van der Waals surface area contributed by atoms with E-state index in [9.17, 15) is 9.90 Å². The molecular weight excluding hydrogens is 296 g/mol. The third kappa shape index (κ3) is 4.85. The van der Waals surface area contributed by atoms with Crippen molar-refractivity contribution in [1.29, 1.82) is 0 Å². The average molecular weight is 320 g/mol. The Balaban J connectivity index is 1.81. The molecule has 7 heteroatoms. The van der Waals surface area contributed by atoms with Gasteiger partial charge in [0, 0.05) is 18.9 Å². The molecule has 2 aromatic rings. The van der Waals surface area contributed by atoms with E-state index in [0.29, 0.717) is 18.2 Å². The second-order valence-corrected chi connectivity index (χ2v) is 6.18. The number of urea groups is 1. The van der Waals surface area contributed by atoms with Crippen molar-refractivity contribution in [1.82, 2.24) is 20.2 Å². The van der Waals surface area contributed by atoms with Crippen LogP contribution in [0.4, 0.5) is 4.79 Å². The van der Waals surface area contributed by atoms with Gasteiger partial charge in [-0.3, -0.25) is 0 Å². The van der Waals surface area contributed by atoms with Gasteiger partial charge in [-0.1, -0.05) is 13.8 Å². The molecule has 7 nitrogen and oxygen atoms in total. The number of nitrogens with zero attached hydrogens (tertiary/aromatic N) is 2. The zero-order chi connectivity index (χ0) is 16.9. The standard InChI is InChI=1S/C16H24N4O3/c1-12(2)10-20-7-6-17-14(20)9-18-15(21)19-11-16(3,22)13-5-4-8-23-13/h4-8,12,22H,9-11H2,1-3H3,(H2,18,19,21). The number of carbonyl (C=O) groups excluding carboxylic acids is 1. The van der Waals surface area contributed by atoms with Gasteiger partial charge >= 0.3 is 6.03 Å². The molecule has 0 aliphatic carbocycles. The monoisotopic (exact) mass is 320 g/mol. The van der Waals surface area contributed by atoms with Crippen LogP contribution in [0.2, 0.25) is 0 Å². The van der Waals surface area contributed by atoms with Crippen molar-refractivity contribution in [2.75, 3.05) is 6.54 Å². The summed E-state index contributed by atoms with van der Waals surface area (Å²) in [6.07, 6.45) is 5.11. The van der Waals surface area contributed by atoms with E-state index in [1.165, 1.54) is 6.26 Å². The highest BCUT2D eigenvalue weighted by Gasteiger charge is 2.26. The smallest absolute Gasteiger partial charge is 0.315 e. The summed E-state index contributed by atoms with van der Waals surface area (Å²) in [4.78, 5) is 16.1. The topological polar surface area (TPSA) is 92.3 Å². The van der Waals surface area contributed by atoms with Crippen molar-refractivity contribution >= 4 is 6.03 Å². The maximum atomic E-state index is 11.9. The van der Waals surface area contributed by atoms with Crippen LogP contribution in [0.5, 0.6) is 0 Å². The molecule has 2 aromatic heterocycles. The summed E-state index contributed by atoms with van der Waals surface area (Å²) in [5.74, 6) is 1.71. The van der Waals surface area contributed by atoms with E-state index in [0.717, 1.165) is 12.4 Å². The van der Waals surface area contributed by atoms with Crippen LogP contribution in [0, 0.1) is 5.92 Å². The summed E-state index contributed by atoms with van der Waals surface area (Å²) in [7, 11) is 0. The highest BCUT2D eigenvalue weighted by Crippen LogP contribution is 2.19. The van der Waals surface area contributed by atoms with Gasteiger partial charge in [-0.2, -0.15) is 0 Å². The van der Waals surface area contributed by atoms with Gasteiger partial charge in [0.15, 0.2) is 0 Å². The summed E-state index contributed by atoms with van der Waals surface area (Å²) < 4.78 is 7.18. The molecule has 0 bridgehead atoms. The predicted molar refractivity (Wildman–Crippen MR) is 85.6 cm³/mol. The first-order chi connectivity index (χ1) is 10.9. The summed E-state index contributed by atoms with van der Waals surface area (Å²) in [6, 6.07) is 3.00. The molecule has 0 saturated heterocycles. The predicted octanol–water partition coefficient (Wildman–Crippen LogP) is 1.84. The van der Waals surface area contributed by atoms with Crippen molar-refractivity contribution in [2.45, 2.75) is 39.5 Å². The van der Waals surface area contributed by atoms with Crippen molar-refractivity contribution in [2.24, 2.45) is 5.92 Å². The van der Waals surface area contributed by atoms with Crippen LogP contribution in [0.25, 0.3) is 0 Å². The molecule has 0 fully saturated rings. The number of aromatic nitrogens is 2. The molecule has 2 rings (SSSR count). The van der Waals surface area contributed by atoms with Gasteiger partial charge in [0.05, 0.1) is 19.4 Å². The van der Waals surface area contributed by atoms with Gasteiger partial charge in [-0.05, 0) is 25.0 Å². The Morgan fingerprint density at radius 1 is 1.48 bits per heavy atom. The van der Waals surface area contributed by atoms with Gasteiger partial charge < -0.3 is 24.7 Å². The van der Waals surface area contributed by atoms with Crippen LogP contribution in [-0.2, 0) is 18.7 Å². The molecule has 2 heterocycles. The van der Waals surface area contributed by atoms with Crippen molar-refractivity contribution in [3.63, 3.8) is 0 Å². The van der Waals surface area contributed by atoms with E-state index in [2.05, 4.69) is 29.5 Å². The number of amides is 2. The lowest BCUT2D eigenvalue weighted by Gasteiger charge is -2.21. The normalized spacial score (nSPS) is 13.8. The van der Waals surface area contributed by atoms with Crippen LogP contribution in [0.3, 0.4) is 0 Å². The highest BCUT2D eigenvalue weighted by molar-refractivity contribution is 5.73. The second kappa shape index (κ2) is 7.32. The summed E-state index contributed by atoms with van der Waals surface area (Å²) >= 11 is 0. The van der Waals surface area contributed by atoms with Gasteiger partial charge in [0.2, 0.25) is 0 Å². The molecule has 0 saturated carbocycles. The first kappa shape index (κ1) is 17.1. The van der Waals surface area contributed by atoms with Crippen molar-refractivity contribution in [3.8, 4) is 0 Å². The molecule has 1 atom stereocenters. The molecule has 0 aromatic carbocycles. The fourth-order valence-electron chi connectivity index (χ4n) is 2.21. The van der Waals surface area contributed by atoms with Crippen LogP contribution >= 0.6 is 0 Å². The number of nitrogens with one attached hydrogen (secondary N) is 2. The second-order valence-electron chi connectivity index (χ2n) is 6.18. The molecule has 0 spiro atoms. The first-order valence-corrected chi connectivity index (χ1v) is 7.66. The molecule has 23 heavy (non-hydrogen) atoms. The zero-order valence-electron chi connectivity index (χ0n) is 13.7. The number of carbonyl (C=O) groups is 1. The molecule has 0 aliphatic heterocycles. The number of imidazole rings is 1. The maximum Gasteiger partial charge on any atom is 0.315 e. The molecule has 0 radical (unpaired) electrons. The molecule has 0 aliphatic rings. The van der Waals surface area contributed by atoms with Crippen molar-refractivity contribution < 1.29 is 14.3 Å². The Morgan fingerprint density at radius 3 is 2.91 bits per heavy atom. The van der Waals surface area contributed by atoms with Crippen LogP contribution in [-0.4, -0.2) is 27.2 Å². The fraction of sp³-hybridized carbons (Fsp3) is 0.500. The third-order valence-corrected chi connectivity index (χ3v) is 3.42. The average Bonchev–Trinajstić information content (AvgIpc) is 3.14. The number of rotatable bonds is 7. The van der Waals surface area contributed by atoms with Crippen molar-refractivity contribution in [3.05, 3.63) is 42.4 Å². The Labute approximate surface area is 135 Å². The molecular formula is C16H24N4O3. The minimum Gasteiger partial charge on any atom is -0.466 e. The van der Waals surface area contributed by atoms with Gasteiger partial charge in [-0.25, -0.2) is 9.78 Å². The third-order valence-electron chi connectivity index (χ3n) is 3.42. The van der Waals surface area contributed by atoms with Gasteiger partial charge in [-0.15, -0.1) is 0 Å². The maximum absolute atomic E-state index is 11.9. The Kier molecular flexibility index (Phi) is 5.44. The van der Waals surface area contributed by atoms with E-state index < -0.39 is 5.60 Å². The molecule has 3 N–H and O–H groups in total. The lowest BCUT2D eigenvalue weighted by molar-refractivity contribution is 0.0367. The van der Waals surface area contributed by atoms with Crippen LogP contribution < -0.4 is 10.6 Å². The van der Waals surface area contributed by atoms with Gasteiger partial charge in [0.1, 0.15) is 17.2 Å². The quantitative estimate of drug-likeness (QED) is 0.726. The molecule has 1 unspecified atom stereocenters. The number of aliphatic hydroxyl groups is 1. The number of hydrogen-bond donors (Lipinski definition) is 3. The number of furan rings is 1. The Morgan fingerprint density at radius 2 is 2.26 bits per heavy atom. The lowest BCUT2D eigenvalue weighted by Crippen LogP contribution is -2.43. The minimum absolute atomic E-state index is 0.0484. The largest absolute Gasteiger partial charge is 0.466 e. The van der Waals surface area contributed by atoms with Gasteiger partial charge in [0.25, 0.3) is 0 Å². The van der Waals surface area contributed by atoms with E-state index in [-0.39, 0.29) is 12.6 Å². The minimum atomic E-state index is -1.25. The summed E-state index contributed by atoms with van der Waals surface area (Å²) in [6.45, 7) is 7.07. The SMILES string of the molecule is CC(C)Cn1ccnc1CNC(=O)NCC(C)(O)c1ccco1. The Bertz CT molecular complexity index is 617. The number of hydrogen-bond acceptors (Lipinski definition) is 4.